The molecular formula is C20H20F2N2O2. The molecule has 0 bridgehead atoms. The van der Waals surface area contributed by atoms with E-state index < -0.39 is 11.6 Å². The zero-order valence-corrected chi connectivity index (χ0v) is 14.5. The number of hydrogen-bond acceptors (Lipinski definition) is 3. The first-order chi connectivity index (χ1) is 12.6. The summed E-state index contributed by atoms with van der Waals surface area (Å²) in [7, 11) is 1.48. The van der Waals surface area contributed by atoms with E-state index in [0.29, 0.717) is 12.5 Å². The average Bonchev–Trinajstić information content (AvgIpc) is 3.46. The van der Waals surface area contributed by atoms with Crippen LogP contribution in [0.2, 0.25) is 0 Å². The minimum atomic E-state index is -1.05. The lowest BCUT2D eigenvalue weighted by atomic mass is 10.1. The fraction of sp³-hybridized carbons (Fsp3) is 0.300. The first-order valence-electron chi connectivity index (χ1n) is 8.51. The Morgan fingerprint density at radius 3 is 2.58 bits per heavy atom. The third-order valence-corrected chi connectivity index (χ3v) is 4.24. The standard InChI is InChI=1S/C20H20F2N2O2/c1-24(18(25)12-14-6-3-2-4-7-14)20(23-26-13-15-10-11-15)16-8-5-9-17(21)19(16)22/h2-9,15H,10-13H2,1H3. The first kappa shape index (κ1) is 18.0. The van der Waals surface area contributed by atoms with Gasteiger partial charge >= 0.3 is 0 Å². The molecule has 0 atom stereocenters. The molecule has 1 aliphatic rings. The van der Waals surface area contributed by atoms with Gasteiger partial charge in [0.05, 0.1) is 12.0 Å². The number of oxime groups is 1. The second kappa shape index (κ2) is 8.08. The van der Waals surface area contributed by atoms with E-state index in [9.17, 15) is 13.6 Å². The highest BCUT2D eigenvalue weighted by atomic mass is 19.2. The minimum Gasteiger partial charge on any atom is -0.394 e. The number of amides is 1. The molecule has 4 nitrogen and oxygen atoms in total. The molecule has 1 fully saturated rings. The maximum atomic E-state index is 14.3. The number of halogens is 2. The fourth-order valence-electron chi connectivity index (χ4n) is 2.46. The predicted molar refractivity (Wildman–Crippen MR) is 94.5 cm³/mol. The zero-order valence-electron chi connectivity index (χ0n) is 14.5. The van der Waals surface area contributed by atoms with Crippen molar-refractivity contribution in [1.29, 1.82) is 0 Å². The van der Waals surface area contributed by atoms with E-state index in [1.807, 2.05) is 30.3 Å². The van der Waals surface area contributed by atoms with Crippen LogP contribution in [0, 0.1) is 17.6 Å². The predicted octanol–water partition coefficient (Wildman–Crippen LogP) is 3.75. The van der Waals surface area contributed by atoms with Gasteiger partial charge in [0.1, 0.15) is 6.61 Å². The van der Waals surface area contributed by atoms with Gasteiger partial charge in [-0.3, -0.25) is 9.69 Å². The summed E-state index contributed by atoms with van der Waals surface area (Å²) < 4.78 is 27.9. The van der Waals surface area contributed by atoms with Crippen molar-refractivity contribution < 1.29 is 18.4 Å². The van der Waals surface area contributed by atoms with Crippen LogP contribution >= 0.6 is 0 Å². The fourth-order valence-corrected chi connectivity index (χ4v) is 2.46. The largest absolute Gasteiger partial charge is 0.394 e. The Hall–Kier alpha value is -2.76. The van der Waals surface area contributed by atoms with Gasteiger partial charge in [0.2, 0.25) is 5.91 Å². The molecule has 6 heteroatoms. The summed E-state index contributed by atoms with van der Waals surface area (Å²) in [4.78, 5) is 19.1. The number of benzene rings is 2. The Kier molecular flexibility index (Phi) is 5.61. The summed E-state index contributed by atoms with van der Waals surface area (Å²) in [6.45, 7) is 0.404. The van der Waals surface area contributed by atoms with Crippen molar-refractivity contribution in [3.63, 3.8) is 0 Å². The summed E-state index contributed by atoms with van der Waals surface area (Å²) in [6.07, 6.45) is 2.26. The third kappa shape index (κ3) is 4.45. The van der Waals surface area contributed by atoms with Gasteiger partial charge in [0.25, 0.3) is 0 Å². The molecule has 0 unspecified atom stereocenters. The maximum absolute atomic E-state index is 14.3. The second-order valence-electron chi connectivity index (χ2n) is 6.37. The van der Waals surface area contributed by atoms with E-state index in [1.165, 1.54) is 24.1 Å². The normalized spacial score (nSPS) is 14.2. The van der Waals surface area contributed by atoms with Crippen LogP contribution in [0.3, 0.4) is 0 Å². The zero-order chi connectivity index (χ0) is 18.5. The van der Waals surface area contributed by atoms with Crippen LogP contribution in [0.5, 0.6) is 0 Å². The lowest BCUT2D eigenvalue weighted by Gasteiger charge is -2.20. The topological polar surface area (TPSA) is 41.9 Å². The summed E-state index contributed by atoms with van der Waals surface area (Å²) in [5.74, 6) is -1.94. The van der Waals surface area contributed by atoms with Crippen LogP contribution in [0.15, 0.2) is 53.7 Å². The summed E-state index contributed by atoms with van der Waals surface area (Å²) in [5, 5.41) is 3.95. The monoisotopic (exact) mass is 358 g/mol. The van der Waals surface area contributed by atoms with E-state index in [-0.39, 0.29) is 23.7 Å². The van der Waals surface area contributed by atoms with E-state index in [2.05, 4.69) is 5.16 Å². The van der Waals surface area contributed by atoms with E-state index in [1.54, 1.807) is 0 Å². The van der Waals surface area contributed by atoms with Crippen LogP contribution in [0.1, 0.15) is 24.0 Å². The molecule has 2 aromatic carbocycles. The van der Waals surface area contributed by atoms with Crippen molar-refractivity contribution in [2.75, 3.05) is 13.7 Å². The van der Waals surface area contributed by atoms with Crippen molar-refractivity contribution in [3.8, 4) is 0 Å². The molecule has 2 aromatic rings. The molecule has 0 spiro atoms. The Labute approximate surface area is 151 Å². The van der Waals surface area contributed by atoms with E-state index >= 15 is 0 Å². The van der Waals surface area contributed by atoms with Gasteiger partial charge in [-0.25, -0.2) is 8.78 Å². The maximum Gasteiger partial charge on any atom is 0.232 e. The number of likely N-dealkylation sites (N-methyl/N-ethyl adjacent to an activating group) is 1. The Balaban J connectivity index is 1.83. The average molecular weight is 358 g/mol. The van der Waals surface area contributed by atoms with Crippen molar-refractivity contribution in [2.24, 2.45) is 11.1 Å². The third-order valence-electron chi connectivity index (χ3n) is 4.24. The number of rotatable bonds is 6. The molecule has 0 heterocycles. The number of carbonyl (C=O) groups is 1. The number of nitrogens with zero attached hydrogens (tertiary/aromatic N) is 2. The van der Waals surface area contributed by atoms with Crippen LogP contribution in [-0.2, 0) is 16.1 Å². The highest BCUT2D eigenvalue weighted by molar-refractivity contribution is 6.08. The number of hydrogen-bond donors (Lipinski definition) is 0. The molecule has 0 N–H and O–H groups in total. The number of amidine groups is 1. The summed E-state index contributed by atoms with van der Waals surface area (Å²) in [5.41, 5.74) is 0.715. The minimum absolute atomic E-state index is 0.0384. The van der Waals surface area contributed by atoms with Crippen molar-refractivity contribution in [3.05, 3.63) is 71.3 Å². The summed E-state index contributed by atoms with van der Waals surface area (Å²) >= 11 is 0. The Morgan fingerprint density at radius 1 is 1.15 bits per heavy atom. The highest BCUT2D eigenvalue weighted by Crippen LogP contribution is 2.29. The van der Waals surface area contributed by atoms with Crippen LogP contribution in [-0.4, -0.2) is 30.3 Å². The van der Waals surface area contributed by atoms with Crippen LogP contribution in [0.25, 0.3) is 0 Å². The van der Waals surface area contributed by atoms with Crippen molar-refractivity contribution in [2.45, 2.75) is 19.3 Å². The molecule has 1 aliphatic carbocycles. The Bertz CT molecular complexity index is 805. The van der Waals surface area contributed by atoms with Gasteiger partial charge in [-0.1, -0.05) is 41.6 Å². The van der Waals surface area contributed by atoms with Gasteiger partial charge in [0, 0.05) is 7.05 Å². The Morgan fingerprint density at radius 2 is 1.88 bits per heavy atom. The molecule has 1 saturated carbocycles. The molecule has 0 saturated heterocycles. The number of carbonyl (C=O) groups excluding carboxylic acids is 1. The quantitative estimate of drug-likeness (QED) is 0.448. The second-order valence-corrected chi connectivity index (χ2v) is 6.37. The molecular weight excluding hydrogens is 338 g/mol. The van der Waals surface area contributed by atoms with Crippen molar-refractivity contribution >= 4 is 11.7 Å². The van der Waals surface area contributed by atoms with Gasteiger partial charge in [-0.15, -0.1) is 0 Å². The van der Waals surface area contributed by atoms with Crippen molar-refractivity contribution in [1.82, 2.24) is 4.90 Å². The molecule has 3 rings (SSSR count). The van der Waals surface area contributed by atoms with E-state index in [0.717, 1.165) is 24.5 Å². The van der Waals surface area contributed by atoms with Gasteiger partial charge < -0.3 is 4.84 Å². The molecule has 0 aromatic heterocycles. The molecule has 0 radical (unpaired) electrons. The highest BCUT2D eigenvalue weighted by Gasteiger charge is 2.25. The van der Waals surface area contributed by atoms with E-state index in [4.69, 9.17) is 4.84 Å². The van der Waals surface area contributed by atoms with Crippen LogP contribution in [0.4, 0.5) is 8.78 Å². The van der Waals surface area contributed by atoms with Crippen LogP contribution < -0.4 is 0 Å². The molecule has 1 amide bonds. The molecule has 0 aliphatic heterocycles. The smallest absolute Gasteiger partial charge is 0.232 e. The van der Waals surface area contributed by atoms with Gasteiger partial charge in [-0.2, -0.15) is 0 Å². The lowest BCUT2D eigenvalue weighted by Crippen LogP contribution is -2.36. The summed E-state index contributed by atoms with van der Waals surface area (Å²) in [6, 6.07) is 13.0. The van der Waals surface area contributed by atoms with Gasteiger partial charge in [-0.05, 0) is 36.5 Å². The SMILES string of the molecule is CN(C(=O)Cc1ccccc1)C(=NOCC1CC1)c1cccc(F)c1F. The van der Waals surface area contributed by atoms with Gasteiger partial charge in [0.15, 0.2) is 17.5 Å². The lowest BCUT2D eigenvalue weighted by molar-refractivity contribution is -0.125. The molecule has 136 valence electrons. The molecule has 26 heavy (non-hydrogen) atoms. The first-order valence-corrected chi connectivity index (χ1v) is 8.51.